The molecule has 2 atom stereocenters. The predicted octanol–water partition coefficient (Wildman–Crippen LogP) is 3.04. The molecule has 0 aromatic carbocycles. The van der Waals surface area contributed by atoms with E-state index in [9.17, 15) is 4.79 Å². The molecule has 3 N–H and O–H groups in total. The van der Waals surface area contributed by atoms with Gasteiger partial charge in [-0.3, -0.25) is 5.10 Å². The Bertz CT molecular complexity index is 929. The molecule has 2 aromatic heterocycles. The van der Waals surface area contributed by atoms with E-state index in [4.69, 9.17) is 10.00 Å². The van der Waals surface area contributed by atoms with E-state index in [-0.39, 0.29) is 29.5 Å². The van der Waals surface area contributed by atoms with Crippen molar-refractivity contribution >= 4 is 17.7 Å². The van der Waals surface area contributed by atoms with E-state index in [0.717, 1.165) is 43.4 Å². The zero-order valence-electron chi connectivity index (χ0n) is 16.0. The van der Waals surface area contributed by atoms with Crippen molar-refractivity contribution in [1.29, 1.82) is 5.26 Å². The van der Waals surface area contributed by atoms with Crippen molar-refractivity contribution < 1.29 is 9.53 Å². The quantitative estimate of drug-likeness (QED) is 0.726. The fourth-order valence-corrected chi connectivity index (χ4v) is 3.42. The predicted molar refractivity (Wildman–Crippen MR) is 101 cm³/mol. The van der Waals surface area contributed by atoms with Crippen LogP contribution in [0.2, 0.25) is 0 Å². The molecule has 146 valence electrons. The van der Waals surface area contributed by atoms with E-state index in [2.05, 4.69) is 30.8 Å². The number of carbonyl (C=O) groups is 1. The summed E-state index contributed by atoms with van der Waals surface area (Å²) in [6, 6.07) is 3.87. The lowest BCUT2D eigenvalue weighted by Crippen LogP contribution is -2.36. The second-order valence-electron chi connectivity index (χ2n) is 7.89. The molecule has 4 rings (SSSR count). The summed E-state index contributed by atoms with van der Waals surface area (Å²) >= 11 is 0. The molecule has 0 radical (unpaired) electrons. The summed E-state index contributed by atoms with van der Waals surface area (Å²) in [6.45, 7) is 3.90. The SMILES string of the molecule is Cc1cnc(C#N)nc1Nc1cc([C@H]2CC[C@@H](OC(=O)NC3(C)CC3)C2)[nH]n1. The number of ether oxygens (including phenoxy) is 1. The van der Waals surface area contributed by atoms with E-state index < -0.39 is 0 Å². The summed E-state index contributed by atoms with van der Waals surface area (Å²) in [7, 11) is 0. The average Bonchev–Trinajstić information content (AvgIpc) is 3.05. The van der Waals surface area contributed by atoms with E-state index in [0.29, 0.717) is 11.6 Å². The number of aromatic amines is 1. The Morgan fingerprint density at radius 1 is 1.43 bits per heavy atom. The maximum absolute atomic E-state index is 12.0. The van der Waals surface area contributed by atoms with Gasteiger partial charge in [-0.1, -0.05) is 0 Å². The Balaban J connectivity index is 1.34. The summed E-state index contributed by atoms with van der Waals surface area (Å²) in [5.74, 6) is 1.56. The molecular formula is C19H23N7O2. The molecule has 9 nitrogen and oxygen atoms in total. The minimum Gasteiger partial charge on any atom is -0.446 e. The van der Waals surface area contributed by atoms with Crippen LogP contribution < -0.4 is 10.6 Å². The number of nitrogens with one attached hydrogen (secondary N) is 3. The third kappa shape index (κ3) is 4.06. The first kappa shape index (κ1) is 18.2. The summed E-state index contributed by atoms with van der Waals surface area (Å²) in [6.07, 6.45) is 5.79. The van der Waals surface area contributed by atoms with Gasteiger partial charge >= 0.3 is 6.09 Å². The molecule has 0 aliphatic heterocycles. The molecule has 2 aliphatic carbocycles. The van der Waals surface area contributed by atoms with E-state index in [1.165, 1.54) is 0 Å². The van der Waals surface area contributed by atoms with Crippen LogP contribution in [0.1, 0.15) is 62.0 Å². The van der Waals surface area contributed by atoms with Gasteiger partial charge in [0.15, 0.2) is 5.82 Å². The second-order valence-corrected chi connectivity index (χ2v) is 7.89. The largest absolute Gasteiger partial charge is 0.446 e. The Morgan fingerprint density at radius 2 is 2.25 bits per heavy atom. The van der Waals surface area contributed by atoms with Crippen molar-refractivity contribution in [2.45, 2.75) is 63.5 Å². The zero-order valence-corrected chi connectivity index (χ0v) is 16.0. The maximum Gasteiger partial charge on any atom is 0.407 e. The van der Waals surface area contributed by atoms with Crippen molar-refractivity contribution in [1.82, 2.24) is 25.5 Å². The smallest absolute Gasteiger partial charge is 0.407 e. The van der Waals surface area contributed by atoms with Crippen LogP contribution >= 0.6 is 0 Å². The third-order valence-electron chi connectivity index (χ3n) is 5.42. The molecule has 2 heterocycles. The summed E-state index contributed by atoms with van der Waals surface area (Å²) in [5.41, 5.74) is 1.76. The van der Waals surface area contributed by atoms with E-state index >= 15 is 0 Å². The first-order chi connectivity index (χ1) is 13.4. The average molecular weight is 381 g/mol. The van der Waals surface area contributed by atoms with Gasteiger partial charge in [-0.2, -0.15) is 10.4 Å². The summed E-state index contributed by atoms with van der Waals surface area (Å²) in [5, 5.41) is 22.4. The number of carbonyl (C=O) groups excluding carboxylic acids is 1. The highest BCUT2D eigenvalue weighted by molar-refractivity contribution is 5.69. The Labute approximate surface area is 162 Å². The van der Waals surface area contributed by atoms with Gasteiger partial charge in [0, 0.05) is 35.0 Å². The standard InChI is InChI=1S/C19H23N7O2/c1-11-10-21-16(9-20)23-17(11)22-15-8-14(25-26-15)12-3-4-13(7-12)28-18(27)24-19(2)5-6-19/h8,10,12-13H,3-7H2,1-2H3,(H,24,27)(H2,21,22,23,25,26)/t12-,13+/m0/s1. The fraction of sp³-hybridized carbons (Fsp3) is 0.526. The Hall–Kier alpha value is -3.15. The van der Waals surface area contributed by atoms with Gasteiger partial charge in [0.2, 0.25) is 5.82 Å². The van der Waals surface area contributed by atoms with Crippen LogP contribution in [0.15, 0.2) is 12.3 Å². The molecule has 0 saturated heterocycles. The molecule has 2 saturated carbocycles. The first-order valence-corrected chi connectivity index (χ1v) is 9.49. The molecule has 1 amide bonds. The molecule has 0 unspecified atom stereocenters. The Kier molecular flexibility index (Phi) is 4.63. The maximum atomic E-state index is 12.0. The lowest BCUT2D eigenvalue weighted by atomic mass is 10.0. The van der Waals surface area contributed by atoms with Crippen LogP contribution in [-0.2, 0) is 4.74 Å². The van der Waals surface area contributed by atoms with Gasteiger partial charge in [0.05, 0.1) is 0 Å². The monoisotopic (exact) mass is 381 g/mol. The number of hydrogen-bond donors (Lipinski definition) is 3. The molecule has 0 bridgehead atoms. The zero-order chi connectivity index (χ0) is 19.7. The lowest BCUT2D eigenvalue weighted by molar-refractivity contribution is 0.0967. The number of anilines is 2. The van der Waals surface area contributed by atoms with Crippen molar-refractivity contribution in [3.8, 4) is 6.07 Å². The number of hydrogen-bond acceptors (Lipinski definition) is 7. The molecule has 2 aromatic rings. The van der Waals surface area contributed by atoms with Crippen LogP contribution in [-0.4, -0.2) is 37.9 Å². The number of rotatable bonds is 5. The van der Waals surface area contributed by atoms with Crippen molar-refractivity contribution in [2.24, 2.45) is 0 Å². The normalized spacial score (nSPS) is 22.3. The third-order valence-corrected chi connectivity index (χ3v) is 5.42. The minimum absolute atomic E-state index is 0.0659. The van der Waals surface area contributed by atoms with Gasteiger partial charge in [0.1, 0.15) is 18.0 Å². The highest BCUT2D eigenvalue weighted by Gasteiger charge is 2.40. The second kappa shape index (κ2) is 7.11. The summed E-state index contributed by atoms with van der Waals surface area (Å²) in [4.78, 5) is 20.1. The van der Waals surface area contributed by atoms with Crippen LogP contribution in [0.3, 0.4) is 0 Å². The van der Waals surface area contributed by atoms with Crippen molar-refractivity contribution in [3.63, 3.8) is 0 Å². The number of aryl methyl sites for hydroxylation is 1. The van der Waals surface area contributed by atoms with Gasteiger partial charge < -0.3 is 15.4 Å². The van der Waals surface area contributed by atoms with Crippen molar-refractivity contribution in [2.75, 3.05) is 5.32 Å². The highest BCUT2D eigenvalue weighted by atomic mass is 16.6. The molecule has 9 heteroatoms. The molecule has 2 fully saturated rings. The number of H-pyrrole nitrogens is 1. The number of aromatic nitrogens is 4. The molecule has 2 aliphatic rings. The van der Waals surface area contributed by atoms with Gasteiger partial charge in [-0.15, -0.1) is 0 Å². The number of nitriles is 1. The van der Waals surface area contributed by atoms with Crippen molar-refractivity contribution in [3.05, 3.63) is 29.3 Å². The topological polar surface area (TPSA) is 129 Å². The Morgan fingerprint density at radius 3 is 3.00 bits per heavy atom. The lowest BCUT2D eigenvalue weighted by Gasteiger charge is -2.16. The van der Waals surface area contributed by atoms with Gasteiger partial charge in [0.25, 0.3) is 0 Å². The van der Waals surface area contributed by atoms with Gasteiger partial charge in [-0.05, 0) is 46.0 Å². The van der Waals surface area contributed by atoms with Crippen LogP contribution in [0.5, 0.6) is 0 Å². The fourth-order valence-electron chi connectivity index (χ4n) is 3.42. The van der Waals surface area contributed by atoms with E-state index in [1.807, 2.05) is 26.0 Å². The molecule has 0 spiro atoms. The minimum atomic E-state index is -0.315. The van der Waals surface area contributed by atoms with Gasteiger partial charge in [-0.25, -0.2) is 14.8 Å². The number of amides is 1. The van der Waals surface area contributed by atoms with Crippen LogP contribution in [0, 0.1) is 18.3 Å². The molecular weight excluding hydrogens is 358 g/mol. The molecule has 28 heavy (non-hydrogen) atoms. The first-order valence-electron chi connectivity index (χ1n) is 9.49. The van der Waals surface area contributed by atoms with Crippen LogP contribution in [0.4, 0.5) is 16.4 Å². The summed E-state index contributed by atoms with van der Waals surface area (Å²) < 4.78 is 5.58. The number of alkyl carbamates (subject to hydrolysis) is 1. The van der Waals surface area contributed by atoms with Crippen LogP contribution in [0.25, 0.3) is 0 Å². The highest BCUT2D eigenvalue weighted by Crippen LogP contribution is 2.37. The van der Waals surface area contributed by atoms with E-state index in [1.54, 1.807) is 6.20 Å². The number of nitrogens with zero attached hydrogens (tertiary/aromatic N) is 4.